The van der Waals surface area contributed by atoms with E-state index in [2.05, 4.69) is 26.0 Å². The molecule has 0 saturated heterocycles. The van der Waals surface area contributed by atoms with Gasteiger partial charge in [0, 0.05) is 30.5 Å². The molecule has 0 fully saturated rings. The molecule has 1 heterocycles. The summed E-state index contributed by atoms with van der Waals surface area (Å²) >= 11 is 0. The largest absolute Gasteiger partial charge is 0.369 e. The Morgan fingerprint density at radius 1 is 1.29 bits per heavy atom. The summed E-state index contributed by atoms with van der Waals surface area (Å²) in [5, 5.41) is 6.04. The van der Waals surface area contributed by atoms with Gasteiger partial charge in [-0.05, 0) is 20.8 Å². The van der Waals surface area contributed by atoms with E-state index in [1.165, 1.54) is 0 Å². The number of aromatic nitrogens is 2. The molecule has 118 valence electrons. The molecule has 7 heteroatoms. The number of amides is 1. The number of carbonyl (C=O) groups excluding carboxylic acids is 1. The van der Waals surface area contributed by atoms with Crippen molar-refractivity contribution in [3.05, 3.63) is 11.9 Å². The summed E-state index contributed by atoms with van der Waals surface area (Å²) < 4.78 is 0. The van der Waals surface area contributed by atoms with Gasteiger partial charge in [0.05, 0.1) is 0 Å². The Morgan fingerprint density at radius 3 is 2.43 bits per heavy atom. The minimum Gasteiger partial charge on any atom is -0.369 e. The van der Waals surface area contributed by atoms with Gasteiger partial charge in [0.1, 0.15) is 17.5 Å². The van der Waals surface area contributed by atoms with E-state index in [-0.39, 0.29) is 17.4 Å². The van der Waals surface area contributed by atoms with Crippen LogP contribution < -0.4 is 21.9 Å². The zero-order valence-electron chi connectivity index (χ0n) is 13.4. The van der Waals surface area contributed by atoms with Crippen LogP contribution in [0.15, 0.2) is 6.07 Å². The van der Waals surface area contributed by atoms with Gasteiger partial charge in [-0.2, -0.15) is 0 Å². The molecule has 0 saturated carbocycles. The number of anilines is 2. The third-order valence-corrected chi connectivity index (χ3v) is 2.58. The molecule has 0 aliphatic carbocycles. The highest BCUT2D eigenvalue weighted by Gasteiger charge is 2.13. The molecule has 0 unspecified atom stereocenters. The second-order valence-corrected chi connectivity index (χ2v) is 6.27. The molecule has 0 atom stereocenters. The highest BCUT2D eigenvalue weighted by atomic mass is 16.1. The van der Waals surface area contributed by atoms with Gasteiger partial charge in [-0.25, -0.2) is 15.8 Å². The average molecular weight is 294 g/mol. The predicted octanol–water partition coefficient (Wildman–Crippen LogP) is 1.60. The topological polar surface area (TPSA) is 105 Å². The van der Waals surface area contributed by atoms with Crippen LogP contribution in [0.25, 0.3) is 0 Å². The predicted molar refractivity (Wildman–Crippen MR) is 84.9 cm³/mol. The number of nitrogen functional groups attached to an aromatic ring is 1. The average Bonchev–Trinajstić information content (AvgIpc) is 2.36. The lowest BCUT2D eigenvalue weighted by atomic mass is 10.1. The van der Waals surface area contributed by atoms with E-state index in [0.717, 1.165) is 0 Å². The summed E-state index contributed by atoms with van der Waals surface area (Å²) in [6, 6.07) is 1.72. The van der Waals surface area contributed by atoms with Crippen molar-refractivity contribution in [2.75, 3.05) is 17.3 Å². The summed E-state index contributed by atoms with van der Waals surface area (Å²) in [4.78, 5) is 20.4. The molecule has 0 aliphatic rings. The van der Waals surface area contributed by atoms with E-state index in [0.29, 0.717) is 30.4 Å². The van der Waals surface area contributed by atoms with Crippen LogP contribution in [0, 0.1) is 0 Å². The zero-order valence-corrected chi connectivity index (χ0v) is 13.4. The van der Waals surface area contributed by atoms with Gasteiger partial charge in [-0.1, -0.05) is 13.8 Å². The van der Waals surface area contributed by atoms with E-state index in [9.17, 15) is 4.79 Å². The van der Waals surface area contributed by atoms with E-state index in [1.807, 2.05) is 34.6 Å². The van der Waals surface area contributed by atoms with Crippen LogP contribution in [0.1, 0.15) is 52.8 Å². The Morgan fingerprint density at radius 2 is 1.90 bits per heavy atom. The standard InChI is InChI=1S/C14H26N6O/c1-9(2)13-17-10(8-11(18-13)20-15)16-7-6-12(21)19-14(3,4)5/h8-9H,6-7,15H2,1-5H3,(H,19,21)(H2,16,17,18,20). The maximum atomic E-state index is 11.7. The third kappa shape index (κ3) is 6.40. The van der Waals surface area contributed by atoms with Crippen molar-refractivity contribution >= 4 is 17.5 Å². The van der Waals surface area contributed by atoms with Crippen LogP contribution in [0.2, 0.25) is 0 Å². The van der Waals surface area contributed by atoms with Gasteiger partial charge in [0.25, 0.3) is 0 Å². The Labute approximate surface area is 126 Å². The molecule has 0 bridgehead atoms. The number of nitrogens with zero attached hydrogens (tertiary/aromatic N) is 2. The fraction of sp³-hybridized carbons (Fsp3) is 0.643. The Balaban J connectivity index is 2.59. The maximum absolute atomic E-state index is 11.7. The number of nitrogens with two attached hydrogens (primary N) is 1. The number of hydrogen-bond donors (Lipinski definition) is 4. The van der Waals surface area contributed by atoms with Crippen molar-refractivity contribution in [2.24, 2.45) is 5.84 Å². The summed E-state index contributed by atoms with van der Waals surface area (Å²) in [5.41, 5.74) is 2.31. The zero-order chi connectivity index (χ0) is 16.0. The second-order valence-electron chi connectivity index (χ2n) is 6.27. The van der Waals surface area contributed by atoms with E-state index in [4.69, 9.17) is 5.84 Å². The van der Waals surface area contributed by atoms with Crippen molar-refractivity contribution in [1.82, 2.24) is 15.3 Å². The fourth-order valence-corrected chi connectivity index (χ4v) is 1.67. The molecule has 0 aromatic carbocycles. The Kier molecular flexibility index (Phi) is 5.90. The first kappa shape index (κ1) is 17.2. The van der Waals surface area contributed by atoms with Gasteiger partial charge in [0.2, 0.25) is 5.91 Å². The number of hydrogen-bond acceptors (Lipinski definition) is 6. The van der Waals surface area contributed by atoms with Crippen LogP contribution >= 0.6 is 0 Å². The van der Waals surface area contributed by atoms with Gasteiger partial charge < -0.3 is 16.1 Å². The van der Waals surface area contributed by atoms with Gasteiger partial charge in [-0.15, -0.1) is 0 Å². The first-order valence-corrected chi connectivity index (χ1v) is 7.12. The fourth-order valence-electron chi connectivity index (χ4n) is 1.67. The maximum Gasteiger partial charge on any atom is 0.222 e. The van der Waals surface area contributed by atoms with Crippen molar-refractivity contribution in [3.8, 4) is 0 Å². The molecule has 1 rings (SSSR count). The number of hydrazine groups is 1. The van der Waals surface area contributed by atoms with Crippen molar-refractivity contribution in [1.29, 1.82) is 0 Å². The van der Waals surface area contributed by atoms with E-state index < -0.39 is 0 Å². The van der Waals surface area contributed by atoms with Crippen LogP contribution in [-0.2, 0) is 4.79 Å². The summed E-state index contributed by atoms with van der Waals surface area (Å²) in [6.07, 6.45) is 0.379. The van der Waals surface area contributed by atoms with Crippen molar-refractivity contribution in [2.45, 2.75) is 52.5 Å². The van der Waals surface area contributed by atoms with Gasteiger partial charge >= 0.3 is 0 Å². The van der Waals surface area contributed by atoms with Crippen LogP contribution in [0.4, 0.5) is 11.6 Å². The number of rotatable bonds is 6. The molecule has 7 nitrogen and oxygen atoms in total. The van der Waals surface area contributed by atoms with Crippen molar-refractivity contribution < 1.29 is 4.79 Å². The molecular weight excluding hydrogens is 268 g/mol. The lowest BCUT2D eigenvalue weighted by Crippen LogP contribution is -2.41. The Hall–Kier alpha value is -1.89. The number of nitrogens with one attached hydrogen (secondary N) is 3. The molecular formula is C14H26N6O. The smallest absolute Gasteiger partial charge is 0.222 e. The summed E-state index contributed by atoms with van der Waals surface area (Å²) in [5.74, 6) is 7.51. The minimum atomic E-state index is -0.215. The van der Waals surface area contributed by atoms with Crippen LogP contribution in [0.3, 0.4) is 0 Å². The second kappa shape index (κ2) is 7.21. The van der Waals surface area contributed by atoms with Gasteiger partial charge in [0.15, 0.2) is 0 Å². The normalized spacial score (nSPS) is 11.4. The molecule has 0 radical (unpaired) electrons. The molecule has 1 amide bonds. The highest BCUT2D eigenvalue weighted by Crippen LogP contribution is 2.16. The van der Waals surface area contributed by atoms with Crippen molar-refractivity contribution in [3.63, 3.8) is 0 Å². The van der Waals surface area contributed by atoms with E-state index >= 15 is 0 Å². The SMILES string of the molecule is CC(C)c1nc(NN)cc(NCCC(=O)NC(C)(C)C)n1. The quantitative estimate of drug-likeness (QED) is 0.469. The molecule has 21 heavy (non-hydrogen) atoms. The van der Waals surface area contributed by atoms with Gasteiger partial charge in [-0.3, -0.25) is 4.79 Å². The lowest BCUT2D eigenvalue weighted by Gasteiger charge is -2.20. The number of carbonyl (C=O) groups is 1. The Bertz CT molecular complexity index is 481. The summed E-state index contributed by atoms with van der Waals surface area (Å²) in [6.45, 7) is 10.4. The molecule has 1 aromatic heterocycles. The van der Waals surface area contributed by atoms with Crippen LogP contribution in [-0.4, -0.2) is 28.0 Å². The highest BCUT2D eigenvalue weighted by molar-refractivity contribution is 5.77. The molecule has 0 aliphatic heterocycles. The minimum absolute atomic E-state index is 0.00492. The third-order valence-electron chi connectivity index (χ3n) is 2.58. The molecule has 1 aromatic rings. The first-order chi connectivity index (χ1) is 9.71. The lowest BCUT2D eigenvalue weighted by molar-refractivity contribution is -0.122. The first-order valence-electron chi connectivity index (χ1n) is 7.12. The molecule has 5 N–H and O–H groups in total. The van der Waals surface area contributed by atoms with Crippen LogP contribution in [0.5, 0.6) is 0 Å². The van der Waals surface area contributed by atoms with E-state index in [1.54, 1.807) is 6.07 Å². The molecule has 0 spiro atoms. The monoisotopic (exact) mass is 294 g/mol. The summed E-state index contributed by atoms with van der Waals surface area (Å²) in [7, 11) is 0.